The maximum atomic E-state index is 12.3. The molecule has 0 unspecified atom stereocenters. The smallest absolute Gasteiger partial charge is 0.203 e. The average Bonchev–Trinajstić information content (AvgIpc) is 3.16. The molecular formula is C22H20N6O. The molecule has 0 aliphatic heterocycles. The van der Waals surface area contributed by atoms with Gasteiger partial charge < -0.3 is 0 Å². The van der Waals surface area contributed by atoms with Crippen molar-refractivity contribution in [3.63, 3.8) is 0 Å². The van der Waals surface area contributed by atoms with Gasteiger partial charge in [-0.1, -0.05) is 24.8 Å². The number of allylic oxidation sites excluding steroid dienone is 1. The van der Waals surface area contributed by atoms with Gasteiger partial charge in [0.05, 0.1) is 12.4 Å². The van der Waals surface area contributed by atoms with Gasteiger partial charge in [0.2, 0.25) is 5.43 Å². The van der Waals surface area contributed by atoms with Gasteiger partial charge in [0.1, 0.15) is 11.4 Å². The Morgan fingerprint density at radius 3 is 2.62 bits per heavy atom. The van der Waals surface area contributed by atoms with Gasteiger partial charge in [-0.25, -0.2) is 14.6 Å². The second kappa shape index (κ2) is 7.63. The zero-order chi connectivity index (χ0) is 20.4. The van der Waals surface area contributed by atoms with E-state index < -0.39 is 0 Å². The minimum atomic E-state index is -0.0994. The minimum absolute atomic E-state index is 0.0994. The Kier molecular flexibility index (Phi) is 4.87. The highest BCUT2D eigenvalue weighted by Crippen LogP contribution is 2.19. The topological polar surface area (TPSA) is 78.5 Å². The normalized spacial score (nSPS) is 10.8. The number of hydrogen-bond donors (Lipinski definition) is 0. The Morgan fingerprint density at radius 1 is 1.14 bits per heavy atom. The molecule has 0 bridgehead atoms. The number of nitrogens with zero attached hydrogens (tertiary/aromatic N) is 6. The van der Waals surface area contributed by atoms with E-state index in [2.05, 4.69) is 26.7 Å². The maximum Gasteiger partial charge on any atom is 0.203 e. The molecule has 7 heteroatoms. The van der Waals surface area contributed by atoms with Gasteiger partial charge in [0.15, 0.2) is 5.82 Å². The van der Waals surface area contributed by atoms with Gasteiger partial charge in [-0.15, -0.1) is 0 Å². The van der Waals surface area contributed by atoms with Crippen molar-refractivity contribution < 1.29 is 0 Å². The molecule has 0 amide bonds. The second-order valence-electron chi connectivity index (χ2n) is 6.90. The van der Waals surface area contributed by atoms with Crippen LogP contribution in [0.25, 0.3) is 22.6 Å². The molecule has 7 nitrogen and oxygen atoms in total. The highest BCUT2D eigenvalue weighted by atomic mass is 16.1. The van der Waals surface area contributed by atoms with Crippen molar-refractivity contribution in [2.45, 2.75) is 13.3 Å². The van der Waals surface area contributed by atoms with Gasteiger partial charge in [-0.2, -0.15) is 10.2 Å². The molecule has 0 saturated heterocycles. The van der Waals surface area contributed by atoms with Crippen LogP contribution in [0.1, 0.15) is 23.7 Å². The molecule has 3 heterocycles. The molecule has 0 fully saturated rings. The van der Waals surface area contributed by atoms with Gasteiger partial charge in [-0.3, -0.25) is 9.48 Å². The first-order chi connectivity index (χ1) is 14.0. The van der Waals surface area contributed by atoms with Gasteiger partial charge in [0.25, 0.3) is 0 Å². The molecule has 0 aliphatic carbocycles. The summed E-state index contributed by atoms with van der Waals surface area (Å²) < 4.78 is 3.35. The number of hydrogen-bond acceptors (Lipinski definition) is 5. The van der Waals surface area contributed by atoms with Crippen molar-refractivity contribution in [1.29, 1.82) is 0 Å². The highest BCUT2D eigenvalue weighted by Gasteiger charge is 2.09. The minimum Gasteiger partial charge on any atom is -0.288 e. The van der Waals surface area contributed by atoms with E-state index in [4.69, 9.17) is 0 Å². The highest BCUT2D eigenvalue weighted by molar-refractivity contribution is 5.62. The summed E-state index contributed by atoms with van der Waals surface area (Å²) in [7, 11) is 1.84. The van der Waals surface area contributed by atoms with Gasteiger partial charge in [0, 0.05) is 49.3 Å². The first-order valence-electron chi connectivity index (χ1n) is 9.15. The molecule has 0 aliphatic rings. The third kappa shape index (κ3) is 4.03. The van der Waals surface area contributed by atoms with E-state index in [0.717, 1.165) is 28.0 Å². The Morgan fingerprint density at radius 2 is 1.93 bits per heavy atom. The predicted octanol–water partition coefficient (Wildman–Crippen LogP) is 3.05. The fourth-order valence-electron chi connectivity index (χ4n) is 2.95. The summed E-state index contributed by atoms with van der Waals surface area (Å²) in [5.41, 5.74) is 4.85. The van der Waals surface area contributed by atoms with Crippen LogP contribution >= 0.6 is 0 Å². The number of rotatable bonds is 5. The summed E-state index contributed by atoms with van der Waals surface area (Å²) in [6, 6.07) is 9.36. The molecule has 29 heavy (non-hydrogen) atoms. The van der Waals surface area contributed by atoms with Crippen LogP contribution in [0.2, 0.25) is 0 Å². The van der Waals surface area contributed by atoms with Crippen molar-refractivity contribution >= 4 is 5.57 Å². The average molecular weight is 384 g/mol. The van der Waals surface area contributed by atoms with E-state index >= 15 is 0 Å². The Bertz CT molecular complexity index is 1240. The molecule has 4 rings (SSSR count). The van der Waals surface area contributed by atoms with Crippen LogP contribution in [0.5, 0.6) is 0 Å². The second-order valence-corrected chi connectivity index (χ2v) is 6.90. The molecule has 144 valence electrons. The van der Waals surface area contributed by atoms with Gasteiger partial charge in [-0.05, 0) is 24.1 Å². The van der Waals surface area contributed by atoms with Crippen molar-refractivity contribution in [2.75, 3.05) is 0 Å². The van der Waals surface area contributed by atoms with Crippen molar-refractivity contribution in [1.82, 2.24) is 29.5 Å². The quantitative estimate of drug-likeness (QED) is 0.528. The van der Waals surface area contributed by atoms with E-state index in [1.165, 1.54) is 6.07 Å². The van der Waals surface area contributed by atoms with Crippen LogP contribution in [0.15, 0.2) is 72.7 Å². The lowest BCUT2D eigenvalue weighted by molar-refractivity contribution is 0.762. The third-order valence-corrected chi connectivity index (χ3v) is 4.54. The summed E-state index contributed by atoms with van der Waals surface area (Å²) in [6.45, 7) is 5.82. The van der Waals surface area contributed by atoms with E-state index in [9.17, 15) is 4.79 Å². The standard InChI is InChI=1S/C22H20N6O/c1-15(2)18-11-23-22(24-12-18)17-6-4-5-16(9-17)10-20-21(29)7-8-28(26-20)19-13-25-27(3)14-19/h4-9,11-14H,1,10H2,2-3H3. The Balaban J connectivity index is 1.63. The van der Waals surface area contributed by atoms with Crippen LogP contribution in [0, 0.1) is 0 Å². The van der Waals surface area contributed by atoms with E-state index in [1.54, 1.807) is 34.2 Å². The Labute approximate surface area is 168 Å². The summed E-state index contributed by atoms with van der Waals surface area (Å²) in [6.07, 6.45) is 9.14. The SMILES string of the molecule is C=C(C)c1cnc(-c2cccc(Cc3nn(-c4cnn(C)c4)ccc3=O)c2)nc1. The fraction of sp³-hybridized carbons (Fsp3) is 0.136. The van der Waals surface area contributed by atoms with Gasteiger partial charge >= 0.3 is 0 Å². The fourth-order valence-corrected chi connectivity index (χ4v) is 2.95. The summed E-state index contributed by atoms with van der Waals surface area (Å²) in [5, 5.41) is 8.64. The summed E-state index contributed by atoms with van der Waals surface area (Å²) in [4.78, 5) is 21.2. The largest absolute Gasteiger partial charge is 0.288 e. The molecule has 3 aromatic heterocycles. The number of aromatic nitrogens is 6. The first-order valence-corrected chi connectivity index (χ1v) is 9.15. The molecule has 0 N–H and O–H groups in total. The van der Waals surface area contributed by atoms with Crippen molar-refractivity contribution in [3.05, 3.63) is 94.9 Å². The first kappa shape index (κ1) is 18.5. The zero-order valence-electron chi connectivity index (χ0n) is 16.3. The van der Waals surface area contributed by atoms with Crippen LogP contribution in [-0.2, 0) is 13.5 Å². The van der Waals surface area contributed by atoms with Crippen LogP contribution in [0.4, 0.5) is 0 Å². The van der Waals surface area contributed by atoms with E-state index in [-0.39, 0.29) is 5.43 Å². The molecule has 4 aromatic rings. The predicted molar refractivity (Wildman–Crippen MR) is 112 cm³/mol. The lowest BCUT2D eigenvalue weighted by atomic mass is 10.1. The molecule has 0 atom stereocenters. The van der Waals surface area contributed by atoms with Crippen molar-refractivity contribution in [3.8, 4) is 17.1 Å². The molecule has 0 spiro atoms. The molecule has 0 saturated carbocycles. The number of benzene rings is 1. The van der Waals surface area contributed by atoms with Crippen LogP contribution in [0.3, 0.4) is 0 Å². The van der Waals surface area contributed by atoms with E-state index in [0.29, 0.717) is 17.9 Å². The molecule has 1 aromatic carbocycles. The van der Waals surface area contributed by atoms with E-state index in [1.807, 2.05) is 44.4 Å². The lowest BCUT2D eigenvalue weighted by Crippen LogP contribution is -2.16. The van der Waals surface area contributed by atoms with Crippen LogP contribution in [-0.4, -0.2) is 29.5 Å². The van der Waals surface area contributed by atoms with Crippen molar-refractivity contribution in [2.24, 2.45) is 7.05 Å². The third-order valence-electron chi connectivity index (χ3n) is 4.54. The zero-order valence-corrected chi connectivity index (χ0v) is 16.3. The Hall–Kier alpha value is -3.87. The summed E-state index contributed by atoms with van der Waals surface area (Å²) in [5.74, 6) is 0.630. The monoisotopic (exact) mass is 384 g/mol. The molecular weight excluding hydrogens is 364 g/mol. The summed E-state index contributed by atoms with van der Waals surface area (Å²) >= 11 is 0. The maximum absolute atomic E-state index is 12.3. The lowest BCUT2D eigenvalue weighted by Gasteiger charge is -2.07. The number of aryl methyl sites for hydroxylation is 1. The van der Waals surface area contributed by atoms with Crippen LogP contribution < -0.4 is 5.43 Å². The molecule has 0 radical (unpaired) electrons.